The number of benzene rings is 1. The summed E-state index contributed by atoms with van der Waals surface area (Å²) in [4.78, 5) is 25.4. The zero-order valence-electron chi connectivity index (χ0n) is 14.6. The largest absolute Gasteiger partial charge is 0.338 e. The predicted molar refractivity (Wildman–Crippen MR) is 103 cm³/mol. The second kappa shape index (κ2) is 7.43. The minimum Gasteiger partial charge on any atom is -0.338 e. The van der Waals surface area contributed by atoms with Crippen molar-refractivity contribution in [2.45, 2.75) is 19.9 Å². The van der Waals surface area contributed by atoms with E-state index >= 15 is 0 Å². The standard InChI is InChI=1S/C19H18ClN3O2S/c1-11-16(12(2)23(3)22-11)18(24)19(25)21-17(14-8-9-26-10-14)13-4-6-15(20)7-5-13/h4-10,17H,1-3H3,(H,21,25). The number of ketones is 1. The second-order valence-corrected chi connectivity index (χ2v) is 7.23. The summed E-state index contributed by atoms with van der Waals surface area (Å²) >= 11 is 7.50. The molecule has 0 spiro atoms. The zero-order valence-corrected chi connectivity index (χ0v) is 16.2. The first-order chi connectivity index (χ1) is 12.4. The number of halogens is 1. The third-order valence-corrected chi connectivity index (χ3v) is 5.25. The predicted octanol–water partition coefficient (Wildman–Crippen LogP) is 3.84. The number of hydrogen-bond acceptors (Lipinski definition) is 4. The average Bonchev–Trinajstić information content (AvgIpc) is 3.22. The van der Waals surface area contributed by atoms with E-state index in [9.17, 15) is 9.59 Å². The van der Waals surface area contributed by atoms with Gasteiger partial charge in [-0.1, -0.05) is 23.7 Å². The number of hydrogen-bond donors (Lipinski definition) is 1. The van der Waals surface area contributed by atoms with Gasteiger partial charge in [-0.25, -0.2) is 0 Å². The Labute approximate surface area is 160 Å². The van der Waals surface area contributed by atoms with Gasteiger partial charge in [0.1, 0.15) is 0 Å². The topological polar surface area (TPSA) is 64.0 Å². The minimum absolute atomic E-state index is 0.352. The van der Waals surface area contributed by atoms with Crippen LogP contribution in [0.4, 0.5) is 0 Å². The molecule has 1 amide bonds. The van der Waals surface area contributed by atoms with Crippen molar-refractivity contribution >= 4 is 34.6 Å². The van der Waals surface area contributed by atoms with Crippen molar-refractivity contribution in [3.8, 4) is 0 Å². The van der Waals surface area contributed by atoms with Crippen molar-refractivity contribution in [3.63, 3.8) is 0 Å². The second-order valence-electron chi connectivity index (χ2n) is 6.01. The fraction of sp³-hybridized carbons (Fsp3) is 0.211. The van der Waals surface area contributed by atoms with Gasteiger partial charge in [0.2, 0.25) is 0 Å². The van der Waals surface area contributed by atoms with Gasteiger partial charge in [0.05, 0.1) is 17.3 Å². The summed E-state index contributed by atoms with van der Waals surface area (Å²) in [5, 5.41) is 11.6. The van der Waals surface area contributed by atoms with Gasteiger partial charge in [0.15, 0.2) is 0 Å². The molecule has 134 valence electrons. The van der Waals surface area contributed by atoms with Crippen LogP contribution in [0.3, 0.4) is 0 Å². The van der Waals surface area contributed by atoms with E-state index in [1.165, 1.54) is 11.3 Å². The van der Waals surface area contributed by atoms with Gasteiger partial charge in [-0.05, 0) is 53.9 Å². The lowest BCUT2D eigenvalue weighted by Gasteiger charge is -2.18. The minimum atomic E-state index is -0.657. The average molecular weight is 388 g/mol. The quantitative estimate of drug-likeness (QED) is 0.534. The summed E-state index contributed by atoms with van der Waals surface area (Å²) in [5.41, 5.74) is 3.34. The van der Waals surface area contributed by atoms with Crippen molar-refractivity contribution in [2.24, 2.45) is 7.05 Å². The van der Waals surface area contributed by atoms with Crippen LogP contribution in [0.2, 0.25) is 5.02 Å². The highest BCUT2D eigenvalue weighted by atomic mass is 35.5. The smallest absolute Gasteiger partial charge is 0.293 e. The van der Waals surface area contributed by atoms with Gasteiger partial charge in [0.25, 0.3) is 11.7 Å². The van der Waals surface area contributed by atoms with Gasteiger partial charge >= 0.3 is 0 Å². The van der Waals surface area contributed by atoms with E-state index in [0.717, 1.165) is 11.1 Å². The maximum absolute atomic E-state index is 12.7. The van der Waals surface area contributed by atoms with Crippen LogP contribution in [0, 0.1) is 13.8 Å². The van der Waals surface area contributed by atoms with Crippen molar-refractivity contribution in [1.82, 2.24) is 15.1 Å². The molecule has 1 atom stereocenters. The summed E-state index contributed by atoms with van der Waals surface area (Å²) in [6.45, 7) is 3.50. The van der Waals surface area contributed by atoms with Crippen LogP contribution in [0.1, 0.15) is 38.9 Å². The van der Waals surface area contributed by atoms with E-state index in [2.05, 4.69) is 10.4 Å². The number of nitrogens with one attached hydrogen (secondary N) is 1. The maximum Gasteiger partial charge on any atom is 0.293 e. The van der Waals surface area contributed by atoms with E-state index in [-0.39, 0.29) is 0 Å². The van der Waals surface area contributed by atoms with Crippen molar-refractivity contribution < 1.29 is 9.59 Å². The number of rotatable bonds is 5. The van der Waals surface area contributed by atoms with Crippen LogP contribution in [0.25, 0.3) is 0 Å². The molecule has 0 saturated carbocycles. The zero-order chi connectivity index (χ0) is 18.8. The first kappa shape index (κ1) is 18.4. The van der Waals surface area contributed by atoms with Gasteiger partial charge < -0.3 is 5.32 Å². The van der Waals surface area contributed by atoms with Crippen LogP contribution in [-0.2, 0) is 11.8 Å². The van der Waals surface area contributed by atoms with E-state index < -0.39 is 17.7 Å². The Balaban J connectivity index is 1.90. The molecule has 0 fully saturated rings. The Kier molecular flexibility index (Phi) is 5.25. The lowest BCUT2D eigenvalue weighted by Crippen LogP contribution is -2.35. The first-order valence-corrected chi connectivity index (χ1v) is 9.33. The molecule has 1 aromatic carbocycles. The third kappa shape index (κ3) is 3.57. The van der Waals surface area contributed by atoms with Gasteiger partial charge in [0, 0.05) is 17.8 Å². The molecule has 26 heavy (non-hydrogen) atoms. The van der Waals surface area contributed by atoms with Crippen molar-refractivity contribution in [1.29, 1.82) is 0 Å². The number of thiophene rings is 1. The number of aryl methyl sites for hydroxylation is 2. The van der Waals surface area contributed by atoms with E-state index in [4.69, 9.17) is 11.6 Å². The molecule has 0 radical (unpaired) electrons. The molecule has 3 rings (SSSR count). The lowest BCUT2D eigenvalue weighted by atomic mass is 10.0. The van der Waals surface area contributed by atoms with Crippen LogP contribution >= 0.6 is 22.9 Å². The number of nitrogens with zero attached hydrogens (tertiary/aromatic N) is 2. The summed E-state index contributed by atoms with van der Waals surface area (Å²) in [6, 6.07) is 8.72. The fourth-order valence-corrected chi connectivity index (χ4v) is 3.68. The van der Waals surface area contributed by atoms with E-state index in [1.807, 2.05) is 29.0 Å². The molecule has 0 aliphatic rings. The SMILES string of the molecule is Cc1nn(C)c(C)c1C(=O)C(=O)NC(c1ccc(Cl)cc1)c1ccsc1. The van der Waals surface area contributed by atoms with Gasteiger partial charge in [-0.2, -0.15) is 16.4 Å². The van der Waals surface area contributed by atoms with Crippen molar-refractivity contribution in [2.75, 3.05) is 0 Å². The molecular weight excluding hydrogens is 370 g/mol. The first-order valence-electron chi connectivity index (χ1n) is 8.01. The number of amides is 1. The summed E-state index contributed by atoms with van der Waals surface area (Å²) in [7, 11) is 1.75. The molecule has 0 aliphatic heterocycles. The number of Topliss-reactive ketones (excluding diaryl/α,β-unsaturated/α-hetero) is 1. The molecule has 0 bridgehead atoms. The normalized spacial score (nSPS) is 12.0. The fourth-order valence-electron chi connectivity index (χ4n) is 2.87. The Morgan fingerprint density at radius 2 is 1.85 bits per heavy atom. The molecule has 0 aliphatic carbocycles. The highest BCUT2D eigenvalue weighted by Crippen LogP contribution is 2.26. The van der Waals surface area contributed by atoms with Crippen LogP contribution < -0.4 is 5.32 Å². The number of aromatic nitrogens is 2. The Bertz CT molecular complexity index is 946. The Morgan fingerprint density at radius 3 is 2.38 bits per heavy atom. The molecular formula is C19H18ClN3O2S. The highest BCUT2D eigenvalue weighted by Gasteiger charge is 2.27. The summed E-state index contributed by atoms with van der Waals surface area (Å²) in [6.07, 6.45) is 0. The Morgan fingerprint density at radius 1 is 1.15 bits per heavy atom. The monoisotopic (exact) mass is 387 g/mol. The Hall–Kier alpha value is -2.44. The maximum atomic E-state index is 12.7. The number of carbonyl (C=O) groups is 2. The molecule has 2 aromatic heterocycles. The van der Waals surface area contributed by atoms with Crippen molar-refractivity contribution in [3.05, 3.63) is 74.2 Å². The van der Waals surface area contributed by atoms with Crippen LogP contribution in [0.15, 0.2) is 41.1 Å². The molecule has 5 nitrogen and oxygen atoms in total. The number of carbonyl (C=O) groups excluding carboxylic acids is 2. The van der Waals surface area contributed by atoms with Crippen LogP contribution in [-0.4, -0.2) is 21.5 Å². The van der Waals surface area contributed by atoms with E-state index in [0.29, 0.717) is 22.0 Å². The molecule has 0 saturated heterocycles. The summed E-state index contributed by atoms with van der Waals surface area (Å²) < 4.78 is 1.60. The molecule has 2 heterocycles. The van der Waals surface area contributed by atoms with E-state index in [1.54, 1.807) is 37.7 Å². The van der Waals surface area contributed by atoms with Gasteiger partial charge in [-0.3, -0.25) is 14.3 Å². The van der Waals surface area contributed by atoms with Crippen LogP contribution in [0.5, 0.6) is 0 Å². The molecule has 7 heteroatoms. The molecule has 3 aromatic rings. The molecule has 1 unspecified atom stereocenters. The molecule has 1 N–H and O–H groups in total. The highest BCUT2D eigenvalue weighted by molar-refractivity contribution is 7.08. The lowest BCUT2D eigenvalue weighted by molar-refractivity contribution is -0.117. The summed E-state index contributed by atoms with van der Waals surface area (Å²) in [5.74, 6) is -1.24. The van der Waals surface area contributed by atoms with Gasteiger partial charge in [-0.15, -0.1) is 0 Å². The third-order valence-electron chi connectivity index (χ3n) is 4.30.